The van der Waals surface area contributed by atoms with Gasteiger partial charge in [-0.3, -0.25) is 9.59 Å². The molecule has 2 amide bonds. The van der Waals surface area contributed by atoms with E-state index in [-0.39, 0.29) is 17.7 Å². The highest BCUT2D eigenvalue weighted by atomic mass is 16.2. The van der Waals surface area contributed by atoms with Crippen molar-refractivity contribution in [1.82, 2.24) is 15.1 Å². The van der Waals surface area contributed by atoms with Gasteiger partial charge in [0.1, 0.15) is 0 Å². The number of benzene rings is 2. The Labute approximate surface area is 177 Å². The third-order valence-corrected chi connectivity index (χ3v) is 4.90. The van der Waals surface area contributed by atoms with Gasteiger partial charge >= 0.3 is 0 Å². The number of rotatable bonds is 7. The Bertz CT molecular complexity index is 1040. The van der Waals surface area contributed by atoms with Crippen molar-refractivity contribution < 1.29 is 9.59 Å². The summed E-state index contributed by atoms with van der Waals surface area (Å²) in [7, 11) is 0. The van der Waals surface area contributed by atoms with Gasteiger partial charge < -0.3 is 10.6 Å². The fourth-order valence-electron chi connectivity index (χ4n) is 3.14. The van der Waals surface area contributed by atoms with E-state index in [0.717, 1.165) is 22.6 Å². The number of carbonyl (C=O) groups excluding carboxylic acids is 2. The number of aromatic nitrogens is 2. The van der Waals surface area contributed by atoms with Crippen LogP contribution in [-0.2, 0) is 17.8 Å². The van der Waals surface area contributed by atoms with Crippen molar-refractivity contribution in [1.29, 1.82) is 0 Å². The summed E-state index contributed by atoms with van der Waals surface area (Å²) in [5.74, 6) is -0.292. The van der Waals surface area contributed by atoms with Gasteiger partial charge in [0.2, 0.25) is 5.91 Å². The molecule has 3 rings (SSSR count). The molecule has 0 atom stereocenters. The van der Waals surface area contributed by atoms with E-state index in [9.17, 15) is 9.59 Å². The summed E-state index contributed by atoms with van der Waals surface area (Å²) in [5.41, 5.74) is 5.19. The SMILES string of the molecule is CCc1c(C(=O)NCc2cccc(NC(=O)C(C)C)c2)cnn1-c1ccc(C)cc1. The number of aryl methyl sites for hydroxylation is 1. The molecule has 30 heavy (non-hydrogen) atoms. The molecule has 0 spiro atoms. The lowest BCUT2D eigenvalue weighted by atomic mass is 10.1. The number of hydrogen-bond acceptors (Lipinski definition) is 3. The molecule has 0 unspecified atom stereocenters. The van der Waals surface area contributed by atoms with Crippen molar-refractivity contribution in [2.24, 2.45) is 5.92 Å². The lowest BCUT2D eigenvalue weighted by Gasteiger charge is -2.11. The number of nitrogens with zero attached hydrogens (tertiary/aromatic N) is 2. The van der Waals surface area contributed by atoms with Crippen LogP contribution >= 0.6 is 0 Å². The lowest BCUT2D eigenvalue weighted by molar-refractivity contribution is -0.118. The first kappa shape index (κ1) is 21.3. The Balaban J connectivity index is 1.71. The first-order chi connectivity index (χ1) is 14.4. The normalized spacial score (nSPS) is 10.8. The van der Waals surface area contributed by atoms with Crippen LogP contribution in [0.5, 0.6) is 0 Å². The lowest BCUT2D eigenvalue weighted by Crippen LogP contribution is -2.24. The smallest absolute Gasteiger partial charge is 0.255 e. The minimum atomic E-state index is -0.165. The van der Waals surface area contributed by atoms with Crippen molar-refractivity contribution in [2.75, 3.05) is 5.32 Å². The van der Waals surface area contributed by atoms with Crippen LogP contribution in [-0.4, -0.2) is 21.6 Å². The second-order valence-electron chi connectivity index (χ2n) is 7.63. The molecule has 6 heteroatoms. The van der Waals surface area contributed by atoms with Crippen LogP contribution in [0.15, 0.2) is 54.7 Å². The van der Waals surface area contributed by atoms with Gasteiger partial charge in [-0.15, -0.1) is 0 Å². The highest BCUT2D eigenvalue weighted by Crippen LogP contribution is 2.17. The van der Waals surface area contributed by atoms with E-state index >= 15 is 0 Å². The topological polar surface area (TPSA) is 76.0 Å². The van der Waals surface area contributed by atoms with Crippen LogP contribution in [0.4, 0.5) is 5.69 Å². The number of nitrogens with one attached hydrogen (secondary N) is 2. The summed E-state index contributed by atoms with van der Waals surface area (Å²) in [6.45, 7) is 8.11. The number of amides is 2. The zero-order chi connectivity index (χ0) is 21.7. The predicted octanol–water partition coefficient (Wildman–Crippen LogP) is 4.27. The number of carbonyl (C=O) groups is 2. The Kier molecular flexibility index (Phi) is 6.67. The Hall–Kier alpha value is -3.41. The number of hydrogen-bond donors (Lipinski definition) is 2. The molecule has 6 nitrogen and oxygen atoms in total. The molecule has 1 aromatic heterocycles. The van der Waals surface area contributed by atoms with Gasteiger partial charge in [0.15, 0.2) is 0 Å². The standard InChI is InChI=1S/C24H28N4O2/c1-5-22-21(15-26-28(22)20-11-9-17(4)10-12-20)24(30)25-14-18-7-6-8-19(13-18)27-23(29)16(2)3/h6-13,15-16H,5,14H2,1-4H3,(H,25,30)(H,27,29). The molecule has 0 saturated heterocycles. The van der Waals surface area contributed by atoms with E-state index in [1.165, 1.54) is 5.56 Å². The summed E-state index contributed by atoms with van der Waals surface area (Å²) >= 11 is 0. The molecular formula is C24H28N4O2. The van der Waals surface area contributed by atoms with Gasteiger partial charge in [-0.2, -0.15) is 5.10 Å². The quantitative estimate of drug-likeness (QED) is 0.617. The molecule has 3 aromatic rings. The molecule has 156 valence electrons. The molecule has 0 aliphatic rings. The Morgan fingerprint density at radius 3 is 2.50 bits per heavy atom. The fraction of sp³-hybridized carbons (Fsp3) is 0.292. The van der Waals surface area contributed by atoms with Gasteiger partial charge in [0, 0.05) is 18.2 Å². The van der Waals surface area contributed by atoms with Crippen LogP contribution in [0.3, 0.4) is 0 Å². The minimum absolute atomic E-state index is 0.0349. The van der Waals surface area contributed by atoms with Gasteiger partial charge in [-0.25, -0.2) is 4.68 Å². The van der Waals surface area contributed by atoms with Crippen LogP contribution < -0.4 is 10.6 Å². The molecule has 0 bridgehead atoms. The van der Waals surface area contributed by atoms with Crippen molar-refractivity contribution in [2.45, 2.75) is 40.7 Å². The molecule has 0 aliphatic heterocycles. The van der Waals surface area contributed by atoms with Gasteiger partial charge in [-0.1, -0.05) is 50.6 Å². The summed E-state index contributed by atoms with van der Waals surface area (Å²) < 4.78 is 1.82. The third-order valence-electron chi connectivity index (χ3n) is 4.90. The first-order valence-corrected chi connectivity index (χ1v) is 10.2. The third kappa shape index (κ3) is 4.95. The second kappa shape index (κ2) is 9.39. The van der Waals surface area contributed by atoms with Crippen LogP contribution in [0.2, 0.25) is 0 Å². The average molecular weight is 405 g/mol. The molecule has 1 heterocycles. The maximum atomic E-state index is 12.8. The van der Waals surface area contributed by atoms with E-state index < -0.39 is 0 Å². The van der Waals surface area contributed by atoms with E-state index in [4.69, 9.17) is 0 Å². The summed E-state index contributed by atoms with van der Waals surface area (Å²) in [5, 5.41) is 10.3. The van der Waals surface area contributed by atoms with Crippen molar-refractivity contribution in [3.63, 3.8) is 0 Å². The van der Waals surface area contributed by atoms with E-state index in [1.807, 2.05) is 80.9 Å². The van der Waals surface area contributed by atoms with Gasteiger partial charge in [0.25, 0.3) is 5.91 Å². The molecule has 0 aliphatic carbocycles. The van der Waals surface area contributed by atoms with E-state index in [0.29, 0.717) is 18.5 Å². The first-order valence-electron chi connectivity index (χ1n) is 10.2. The molecule has 2 aromatic carbocycles. The maximum Gasteiger partial charge on any atom is 0.255 e. The average Bonchev–Trinajstić information content (AvgIpc) is 3.17. The maximum absolute atomic E-state index is 12.8. The summed E-state index contributed by atoms with van der Waals surface area (Å²) in [6.07, 6.45) is 2.31. The summed E-state index contributed by atoms with van der Waals surface area (Å²) in [4.78, 5) is 24.7. The second-order valence-corrected chi connectivity index (χ2v) is 7.63. The van der Waals surface area contributed by atoms with Crippen LogP contribution in [0.1, 0.15) is 48.0 Å². The van der Waals surface area contributed by atoms with E-state index in [1.54, 1.807) is 6.20 Å². The number of anilines is 1. The van der Waals surface area contributed by atoms with Gasteiger partial charge in [0.05, 0.1) is 23.1 Å². The Morgan fingerprint density at radius 2 is 1.83 bits per heavy atom. The van der Waals surface area contributed by atoms with E-state index in [2.05, 4.69) is 15.7 Å². The minimum Gasteiger partial charge on any atom is -0.348 e. The molecular weight excluding hydrogens is 376 g/mol. The van der Waals surface area contributed by atoms with Crippen molar-refractivity contribution in [3.05, 3.63) is 77.1 Å². The zero-order valence-electron chi connectivity index (χ0n) is 17.9. The highest BCUT2D eigenvalue weighted by molar-refractivity contribution is 5.95. The van der Waals surface area contributed by atoms with Crippen LogP contribution in [0, 0.1) is 12.8 Å². The molecule has 2 N–H and O–H groups in total. The fourth-order valence-corrected chi connectivity index (χ4v) is 3.14. The largest absolute Gasteiger partial charge is 0.348 e. The zero-order valence-corrected chi connectivity index (χ0v) is 17.9. The summed E-state index contributed by atoms with van der Waals surface area (Å²) in [6, 6.07) is 15.6. The van der Waals surface area contributed by atoms with Crippen LogP contribution in [0.25, 0.3) is 5.69 Å². The molecule has 0 fully saturated rings. The monoisotopic (exact) mass is 404 g/mol. The molecule has 0 radical (unpaired) electrons. The predicted molar refractivity (Wildman–Crippen MR) is 119 cm³/mol. The Morgan fingerprint density at radius 1 is 1.10 bits per heavy atom. The van der Waals surface area contributed by atoms with Gasteiger partial charge in [-0.05, 0) is 43.2 Å². The highest BCUT2D eigenvalue weighted by Gasteiger charge is 2.17. The van der Waals surface area contributed by atoms with Crippen molar-refractivity contribution in [3.8, 4) is 5.69 Å². The molecule has 0 saturated carbocycles. The van der Waals surface area contributed by atoms with Crippen molar-refractivity contribution >= 4 is 17.5 Å².